The molecule has 1 saturated heterocycles. The molecular weight excluding hydrogens is 458 g/mol. The van der Waals surface area contributed by atoms with Crippen molar-refractivity contribution in [3.63, 3.8) is 0 Å². The van der Waals surface area contributed by atoms with Gasteiger partial charge in [0.1, 0.15) is 5.52 Å². The minimum absolute atomic E-state index is 0.0363. The summed E-state index contributed by atoms with van der Waals surface area (Å²) in [5.41, 5.74) is 3.50. The van der Waals surface area contributed by atoms with Gasteiger partial charge in [0.2, 0.25) is 15.9 Å². The van der Waals surface area contributed by atoms with Crippen LogP contribution in [0.4, 0.5) is 0 Å². The summed E-state index contributed by atoms with van der Waals surface area (Å²) >= 11 is 1.22. The molecule has 0 radical (unpaired) electrons. The van der Waals surface area contributed by atoms with Crippen LogP contribution >= 0.6 is 11.8 Å². The minimum atomic E-state index is -3.53. The Hall–Kier alpha value is -2.36. The molecule has 174 valence electrons. The van der Waals surface area contributed by atoms with Crippen molar-refractivity contribution in [2.24, 2.45) is 0 Å². The summed E-state index contributed by atoms with van der Waals surface area (Å²) in [6, 6.07) is 13.1. The average Bonchev–Trinajstić information content (AvgIpc) is 3.26. The van der Waals surface area contributed by atoms with Crippen molar-refractivity contribution in [2.75, 3.05) is 18.8 Å². The van der Waals surface area contributed by atoms with Gasteiger partial charge in [-0.25, -0.2) is 13.4 Å². The molecule has 1 fully saturated rings. The third kappa shape index (κ3) is 4.81. The van der Waals surface area contributed by atoms with Crippen LogP contribution in [0.2, 0.25) is 0 Å². The van der Waals surface area contributed by atoms with Crippen molar-refractivity contribution in [3.05, 3.63) is 53.6 Å². The molecule has 0 bridgehead atoms. The number of fused-ring (bicyclic) bond motifs is 2. The van der Waals surface area contributed by atoms with Crippen molar-refractivity contribution in [1.29, 1.82) is 0 Å². The minimum Gasteiger partial charge on any atom is -0.431 e. The van der Waals surface area contributed by atoms with Crippen LogP contribution in [0, 0.1) is 0 Å². The highest BCUT2D eigenvalue weighted by Gasteiger charge is 2.27. The second-order valence-corrected chi connectivity index (χ2v) is 11.4. The van der Waals surface area contributed by atoms with Crippen LogP contribution in [0.5, 0.6) is 0 Å². The fourth-order valence-electron chi connectivity index (χ4n) is 4.63. The zero-order valence-electron chi connectivity index (χ0n) is 18.3. The maximum Gasteiger partial charge on any atom is 0.257 e. The molecule has 3 aromatic rings. The Morgan fingerprint density at radius 1 is 1.12 bits per heavy atom. The molecule has 0 unspecified atom stereocenters. The molecule has 0 spiro atoms. The van der Waals surface area contributed by atoms with Crippen molar-refractivity contribution in [1.82, 2.24) is 14.6 Å². The summed E-state index contributed by atoms with van der Waals surface area (Å²) in [4.78, 5) is 17.2. The number of nitrogens with one attached hydrogen (secondary N) is 1. The molecule has 1 amide bonds. The van der Waals surface area contributed by atoms with Gasteiger partial charge in [0.05, 0.1) is 16.7 Å². The first kappa shape index (κ1) is 22.4. The number of aryl methyl sites for hydroxylation is 1. The lowest BCUT2D eigenvalue weighted by Crippen LogP contribution is -2.35. The number of carbonyl (C=O) groups is 1. The van der Waals surface area contributed by atoms with Crippen molar-refractivity contribution < 1.29 is 17.6 Å². The molecule has 5 rings (SSSR count). The smallest absolute Gasteiger partial charge is 0.257 e. The molecule has 7 nitrogen and oxygen atoms in total. The van der Waals surface area contributed by atoms with E-state index < -0.39 is 10.0 Å². The van der Waals surface area contributed by atoms with Crippen LogP contribution in [-0.2, 0) is 21.2 Å². The Bertz CT molecular complexity index is 1270. The van der Waals surface area contributed by atoms with Crippen LogP contribution in [0.15, 0.2) is 57.0 Å². The third-order valence-corrected chi connectivity index (χ3v) is 9.05. The second kappa shape index (κ2) is 9.48. The topological polar surface area (TPSA) is 92.5 Å². The average molecular weight is 486 g/mol. The summed E-state index contributed by atoms with van der Waals surface area (Å²) < 4.78 is 33.2. The molecule has 1 atom stereocenters. The number of rotatable bonds is 6. The summed E-state index contributed by atoms with van der Waals surface area (Å²) in [6.07, 6.45) is 5.89. The Labute approximate surface area is 198 Å². The Morgan fingerprint density at radius 2 is 1.94 bits per heavy atom. The molecule has 33 heavy (non-hydrogen) atoms. The first-order valence-electron chi connectivity index (χ1n) is 11.4. The number of amides is 1. The summed E-state index contributed by atoms with van der Waals surface area (Å²) in [5, 5.41) is 3.49. The van der Waals surface area contributed by atoms with Crippen LogP contribution in [-0.4, -0.2) is 42.5 Å². The van der Waals surface area contributed by atoms with E-state index in [1.165, 1.54) is 22.9 Å². The van der Waals surface area contributed by atoms with Gasteiger partial charge in [0.25, 0.3) is 5.22 Å². The normalized spacial score (nSPS) is 19.3. The number of aromatic nitrogens is 1. The lowest BCUT2D eigenvalue weighted by atomic mass is 9.88. The van der Waals surface area contributed by atoms with Crippen molar-refractivity contribution in [2.45, 2.75) is 54.7 Å². The fraction of sp³-hybridized carbons (Fsp3) is 0.417. The molecule has 1 aliphatic carbocycles. The highest BCUT2D eigenvalue weighted by molar-refractivity contribution is 7.99. The van der Waals surface area contributed by atoms with Gasteiger partial charge in [-0.15, -0.1) is 0 Å². The fourth-order valence-corrected chi connectivity index (χ4v) is 6.82. The predicted octanol–water partition coefficient (Wildman–Crippen LogP) is 4.29. The van der Waals surface area contributed by atoms with Gasteiger partial charge in [-0.05, 0) is 61.4 Å². The SMILES string of the molecule is O=C(CSc1nc2cc(S(=O)(=O)N3CCCCC3)ccc2o1)N[C@H]1CCCc2ccccc21. The first-order chi connectivity index (χ1) is 16.0. The number of thioether (sulfide) groups is 1. The predicted molar refractivity (Wildman–Crippen MR) is 128 cm³/mol. The molecule has 1 aromatic heterocycles. The Kier molecular flexibility index (Phi) is 6.44. The van der Waals surface area contributed by atoms with Gasteiger partial charge in [-0.1, -0.05) is 42.4 Å². The van der Waals surface area contributed by atoms with E-state index in [-0.39, 0.29) is 22.6 Å². The van der Waals surface area contributed by atoms with Crippen LogP contribution in [0.3, 0.4) is 0 Å². The van der Waals surface area contributed by atoms with Gasteiger partial charge in [-0.3, -0.25) is 4.79 Å². The van der Waals surface area contributed by atoms with E-state index in [9.17, 15) is 13.2 Å². The van der Waals surface area contributed by atoms with E-state index in [4.69, 9.17) is 4.42 Å². The van der Waals surface area contributed by atoms with E-state index >= 15 is 0 Å². The van der Waals surface area contributed by atoms with Gasteiger partial charge in [-0.2, -0.15) is 4.31 Å². The molecule has 0 saturated carbocycles. The molecule has 2 aromatic carbocycles. The second-order valence-electron chi connectivity index (χ2n) is 8.57. The quantitative estimate of drug-likeness (QED) is 0.524. The highest BCUT2D eigenvalue weighted by atomic mass is 32.2. The maximum atomic E-state index is 12.9. The number of carbonyl (C=O) groups excluding carboxylic acids is 1. The van der Waals surface area contributed by atoms with E-state index in [0.717, 1.165) is 38.5 Å². The maximum absolute atomic E-state index is 12.9. The van der Waals surface area contributed by atoms with Gasteiger partial charge < -0.3 is 9.73 Å². The first-order valence-corrected chi connectivity index (χ1v) is 13.8. The van der Waals surface area contributed by atoms with Gasteiger partial charge in [0.15, 0.2) is 5.58 Å². The van der Waals surface area contributed by atoms with E-state index in [2.05, 4.69) is 22.4 Å². The van der Waals surface area contributed by atoms with Gasteiger partial charge in [0, 0.05) is 13.1 Å². The largest absolute Gasteiger partial charge is 0.431 e. The number of benzene rings is 2. The standard InChI is InChI=1S/C24H27N3O4S2/c28-23(25-20-10-6-8-17-7-2-3-9-19(17)20)16-32-24-26-21-15-18(11-12-22(21)31-24)33(29,30)27-13-4-1-5-14-27/h2-3,7,9,11-12,15,20H,1,4-6,8,10,13-14,16H2,(H,25,28)/t20-/m0/s1. The molecule has 9 heteroatoms. The van der Waals surface area contributed by atoms with E-state index in [1.807, 2.05) is 12.1 Å². The Balaban J connectivity index is 1.24. The van der Waals surface area contributed by atoms with Crippen LogP contribution in [0.1, 0.15) is 49.3 Å². The number of hydrogen-bond donors (Lipinski definition) is 1. The van der Waals surface area contributed by atoms with Crippen LogP contribution < -0.4 is 5.32 Å². The lowest BCUT2D eigenvalue weighted by molar-refractivity contribution is -0.119. The monoisotopic (exact) mass is 485 g/mol. The van der Waals surface area contributed by atoms with Gasteiger partial charge >= 0.3 is 0 Å². The number of oxazole rings is 1. The number of hydrogen-bond acceptors (Lipinski definition) is 6. The number of piperidine rings is 1. The Morgan fingerprint density at radius 3 is 2.79 bits per heavy atom. The van der Waals surface area contributed by atoms with Crippen molar-refractivity contribution in [3.8, 4) is 0 Å². The van der Waals surface area contributed by atoms with Crippen LogP contribution in [0.25, 0.3) is 11.1 Å². The molecule has 1 N–H and O–H groups in total. The highest BCUT2D eigenvalue weighted by Crippen LogP contribution is 2.30. The third-order valence-electron chi connectivity index (χ3n) is 6.32. The molecular formula is C24H27N3O4S2. The molecule has 2 heterocycles. The zero-order chi connectivity index (χ0) is 22.8. The lowest BCUT2D eigenvalue weighted by Gasteiger charge is -2.26. The number of sulfonamides is 1. The van der Waals surface area contributed by atoms with Crippen molar-refractivity contribution >= 4 is 38.8 Å². The van der Waals surface area contributed by atoms with E-state index in [0.29, 0.717) is 29.4 Å². The summed E-state index contributed by atoms with van der Waals surface area (Å²) in [6.45, 7) is 1.11. The summed E-state index contributed by atoms with van der Waals surface area (Å²) in [5.74, 6) is 0.113. The summed E-state index contributed by atoms with van der Waals surface area (Å²) in [7, 11) is -3.53. The van der Waals surface area contributed by atoms with E-state index in [1.54, 1.807) is 22.5 Å². The number of nitrogens with zero attached hydrogens (tertiary/aromatic N) is 2. The molecule has 1 aliphatic heterocycles. The molecule has 2 aliphatic rings. The zero-order valence-corrected chi connectivity index (χ0v) is 20.0.